The highest BCUT2D eigenvalue weighted by Crippen LogP contribution is 2.33. The maximum absolute atomic E-state index is 13.6. The molecule has 4 aromatic rings. The summed E-state index contributed by atoms with van der Waals surface area (Å²) in [6, 6.07) is 10.9. The Balaban J connectivity index is 1.32. The van der Waals surface area contributed by atoms with Gasteiger partial charge in [0.15, 0.2) is 0 Å². The Morgan fingerprint density at radius 3 is 2.80 bits per heavy atom. The molecule has 3 heterocycles. The molecule has 9 nitrogen and oxygen atoms in total. The van der Waals surface area contributed by atoms with E-state index in [2.05, 4.69) is 32.4 Å². The zero-order chi connectivity index (χ0) is 28.4. The van der Waals surface area contributed by atoms with Gasteiger partial charge in [0.05, 0.1) is 31.1 Å². The molecule has 0 saturated carbocycles. The van der Waals surface area contributed by atoms with Crippen molar-refractivity contribution in [2.45, 2.75) is 28.4 Å². The average molecular weight is 600 g/mol. The van der Waals surface area contributed by atoms with Crippen molar-refractivity contribution in [3.63, 3.8) is 0 Å². The van der Waals surface area contributed by atoms with Crippen LogP contribution in [0.3, 0.4) is 0 Å². The van der Waals surface area contributed by atoms with Crippen LogP contribution in [0, 0.1) is 17.7 Å². The molecule has 1 saturated heterocycles. The molecule has 5 rings (SSSR count). The van der Waals surface area contributed by atoms with Crippen molar-refractivity contribution in [2.75, 3.05) is 26.0 Å². The van der Waals surface area contributed by atoms with E-state index in [4.69, 9.17) is 16.3 Å². The topological polar surface area (TPSA) is 114 Å². The molecule has 1 amide bonds. The third-order valence-electron chi connectivity index (χ3n) is 6.01. The molecule has 2 atom stereocenters. The minimum absolute atomic E-state index is 0.0185. The lowest BCUT2D eigenvalue weighted by atomic mass is 10.2. The summed E-state index contributed by atoms with van der Waals surface area (Å²) < 4.78 is 45.0. The Hall–Kier alpha value is -3.76. The second kappa shape index (κ2) is 11.4. The van der Waals surface area contributed by atoms with Gasteiger partial charge in [0, 0.05) is 32.7 Å². The predicted molar refractivity (Wildman–Crippen MR) is 151 cm³/mol. The molecule has 1 aliphatic rings. The zero-order valence-corrected chi connectivity index (χ0v) is 23.7. The van der Waals surface area contributed by atoms with Crippen molar-refractivity contribution in [2.24, 2.45) is 0 Å². The lowest BCUT2D eigenvalue weighted by Gasteiger charge is -2.15. The Kier molecular flexibility index (Phi) is 7.91. The summed E-state index contributed by atoms with van der Waals surface area (Å²) in [5.74, 6) is 6.19. The van der Waals surface area contributed by atoms with Crippen LogP contribution in [0.5, 0.6) is 0 Å². The van der Waals surface area contributed by atoms with Crippen LogP contribution in [-0.2, 0) is 14.6 Å². The van der Waals surface area contributed by atoms with E-state index in [9.17, 15) is 17.6 Å². The number of nitrogens with zero attached hydrogens (tertiary/aromatic N) is 3. The smallest absolute Gasteiger partial charge is 0.409 e. The van der Waals surface area contributed by atoms with Crippen molar-refractivity contribution in [3.8, 4) is 11.8 Å². The van der Waals surface area contributed by atoms with Crippen molar-refractivity contribution in [3.05, 3.63) is 70.6 Å². The number of aromatic nitrogens is 2. The predicted octanol–water partition coefficient (Wildman–Crippen LogP) is 4.84. The number of sulfone groups is 1. The van der Waals surface area contributed by atoms with E-state index < -0.39 is 15.7 Å². The number of nitrogens with one attached hydrogen (secondary N) is 2. The Morgan fingerprint density at radius 2 is 2.05 bits per heavy atom. The van der Waals surface area contributed by atoms with E-state index in [1.54, 1.807) is 20.2 Å². The molecule has 40 heavy (non-hydrogen) atoms. The summed E-state index contributed by atoms with van der Waals surface area (Å²) in [7, 11) is -0.735. The molecule has 2 N–H and O–H groups in total. The molecule has 0 spiro atoms. The van der Waals surface area contributed by atoms with E-state index in [-0.39, 0.29) is 33.1 Å². The summed E-state index contributed by atoms with van der Waals surface area (Å²) in [4.78, 5) is 23.0. The van der Waals surface area contributed by atoms with Gasteiger partial charge in [-0.05, 0) is 42.5 Å². The number of hydrogen-bond donors (Lipinski definition) is 2. The highest BCUT2D eigenvalue weighted by atomic mass is 35.5. The monoisotopic (exact) mass is 599 g/mol. The van der Waals surface area contributed by atoms with Gasteiger partial charge < -0.3 is 15.0 Å². The number of ether oxygens (including phenoxy) is 1. The standard InChI is InChI=1S/C27H23ClFN5O4S2/c1-34(2)27(35)38-19-11-17(30-14-19)6-8-20-13-22-25(31-15-32-26(22)39-20)33-18-7-9-24(23(28)12-18)40(36,37)21-5-3-4-16(29)10-21/h3-5,7,9-10,12-13,15,17,19,30H,11,14H2,1-2H3,(H,31,32,33). The SMILES string of the molecule is CN(C)C(=O)OC1CNC(C#Cc2cc3c(Nc4ccc(S(=O)(=O)c5cccc(F)c5)c(Cl)c4)ncnc3s2)C1. The maximum atomic E-state index is 13.6. The third kappa shape index (κ3) is 6.03. The summed E-state index contributed by atoms with van der Waals surface area (Å²) in [5.41, 5.74) is 0.510. The van der Waals surface area contributed by atoms with Gasteiger partial charge in [-0.3, -0.25) is 5.32 Å². The quantitative estimate of drug-likeness (QED) is 0.313. The number of benzene rings is 2. The third-order valence-corrected chi connectivity index (χ3v) is 9.21. The first-order valence-electron chi connectivity index (χ1n) is 12.0. The van der Waals surface area contributed by atoms with Crippen LogP contribution >= 0.6 is 22.9 Å². The van der Waals surface area contributed by atoms with Gasteiger partial charge in [-0.25, -0.2) is 27.6 Å². The summed E-state index contributed by atoms with van der Waals surface area (Å²) in [6.07, 6.45) is 1.40. The fourth-order valence-corrected chi connectivity index (χ4v) is 6.71. The highest BCUT2D eigenvalue weighted by Gasteiger charge is 2.26. The summed E-state index contributed by atoms with van der Waals surface area (Å²) in [5, 5.41) is 7.13. The second-order valence-electron chi connectivity index (χ2n) is 9.15. The molecule has 2 aromatic heterocycles. The van der Waals surface area contributed by atoms with Crippen LogP contribution in [0.1, 0.15) is 11.3 Å². The van der Waals surface area contributed by atoms with Crippen molar-refractivity contribution in [1.82, 2.24) is 20.2 Å². The van der Waals surface area contributed by atoms with Crippen molar-refractivity contribution < 1.29 is 22.3 Å². The zero-order valence-electron chi connectivity index (χ0n) is 21.3. The molecule has 2 aromatic carbocycles. The van der Waals surface area contributed by atoms with Gasteiger partial charge in [-0.2, -0.15) is 0 Å². The first kappa shape index (κ1) is 27.8. The number of rotatable bonds is 5. The number of thiophene rings is 1. The molecular weight excluding hydrogens is 577 g/mol. The van der Waals surface area contributed by atoms with Crippen LogP contribution < -0.4 is 10.6 Å². The first-order valence-corrected chi connectivity index (χ1v) is 14.7. The van der Waals surface area contributed by atoms with Crippen LogP contribution in [0.25, 0.3) is 10.2 Å². The van der Waals surface area contributed by atoms with Crippen LogP contribution in [0.2, 0.25) is 5.02 Å². The van der Waals surface area contributed by atoms with E-state index in [1.807, 2.05) is 6.07 Å². The second-order valence-corrected chi connectivity index (χ2v) is 12.5. The number of carbonyl (C=O) groups excluding carboxylic acids is 1. The Morgan fingerprint density at radius 1 is 1.23 bits per heavy atom. The maximum Gasteiger partial charge on any atom is 0.409 e. The van der Waals surface area contributed by atoms with Crippen LogP contribution in [-0.4, -0.2) is 62.2 Å². The molecule has 0 aliphatic carbocycles. The van der Waals surface area contributed by atoms with Crippen LogP contribution in [0.4, 0.5) is 20.7 Å². The lowest BCUT2D eigenvalue weighted by molar-refractivity contribution is 0.0826. The van der Waals surface area contributed by atoms with E-state index in [0.717, 1.165) is 21.2 Å². The molecule has 0 bridgehead atoms. The Labute approximate surface area is 239 Å². The first-order chi connectivity index (χ1) is 19.1. The average Bonchev–Trinajstić information content (AvgIpc) is 3.54. The largest absolute Gasteiger partial charge is 0.445 e. The van der Waals surface area contributed by atoms with Gasteiger partial charge >= 0.3 is 6.09 Å². The van der Waals surface area contributed by atoms with Gasteiger partial charge in [0.1, 0.15) is 28.9 Å². The van der Waals surface area contributed by atoms with E-state index in [0.29, 0.717) is 24.5 Å². The van der Waals surface area contributed by atoms with E-state index >= 15 is 0 Å². The van der Waals surface area contributed by atoms with Crippen molar-refractivity contribution in [1.29, 1.82) is 0 Å². The highest BCUT2D eigenvalue weighted by molar-refractivity contribution is 7.91. The van der Waals surface area contributed by atoms with Gasteiger partial charge in [-0.1, -0.05) is 29.5 Å². The fourth-order valence-electron chi connectivity index (χ4n) is 4.02. The van der Waals surface area contributed by atoms with Gasteiger partial charge in [0.25, 0.3) is 0 Å². The molecule has 0 radical (unpaired) electrons. The normalized spacial score (nSPS) is 16.8. The molecular formula is C27H23ClFN5O4S2. The Bertz CT molecular complexity index is 1770. The van der Waals surface area contributed by atoms with Gasteiger partial charge in [0.2, 0.25) is 9.84 Å². The van der Waals surface area contributed by atoms with Crippen LogP contribution in [0.15, 0.2) is 64.6 Å². The molecule has 13 heteroatoms. The number of halogens is 2. The van der Waals surface area contributed by atoms with Gasteiger partial charge in [-0.15, -0.1) is 11.3 Å². The minimum Gasteiger partial charge on any atom is -0.445 e. The summed E-state index contributed by atoms with van der Waals surface area (Å²) >= 11 is 7.76. The number of amides is 1. The molecule has 206 valence electrons. The van der Waals surface area contributed by atoms with E-state index in [1.165, 1.54) is 52.9 Å². The molecule has 1 fully saturated rings. The van der Waals surface area contributed by atoms with Crippen molar-refractivity contribution >= 4 is 60.6 Å². The number of carbonyl (C=O) groups is 1. The number of fused-ring (bicyclic) bond motifs is 1. The fraction of sp³-hybridized carbons (Fsp3) is 0.222. The molecule has 2 unspecified atom stereocenters. The number of anilines is 2. The minimum atomic E-state index is -4.01. The number of hydrogen-bond acceptors (Lipinski definition) is 9. The molecule has 1 aliphatic heterocycles. The lowest BCUT2D eigenvalue weighted by Crippen LogP contribution is -2.29. The summed E-state index contributed by atoms with van der Waals surface area (Å²) in [6.45, 7) is 0.537.